The molecule has 1 aromatic heterocycles. The molecule has 2 N–H and O–H groups in total. The van der Waals surface area contributed by atoms with Crippen LogP contribution in [-0.4, -0.2) is 27.5 Å². The van der Waals surface area contributed by atoms with Crippen molar-refractivity contribution in [3.63, 3.8) is 0 Å². The van der Waals surface area contributed by atoms with Gasteiger partial charge in [-0.3, -0.25) is 13.8 Å². The average Bonchev–Trinajstić information content (AvgIpc) is 2.61. The molecule has 2 aromatic rings. The van der Waals surface area contributed by atoms with Crippen molar-refractivity contribution >= 4 is 16.7 Å². The number of hydrogen-bond acceptors (Lipinski definition) is 4. The van der Waals surface area contributed by atoms with Gasteiger partial charge in [-0.2, -0.15) is 0 Å². The van der Waals surface area contributed by atoms with Crippen LogP contribution in [-0.2, 0) is 21.3 Å². The van der Waals surface area contributed by atoms with Crippen LogP contribution in [0, 0.1) is 0 Å². The summed E-state index contributed by atoms with van der Waals surface area (Å²) in [4.78, 5) is 26.9. The van der Waals surface area contributed by atoms with E-state index in [0.717, 1.165) is 12.0 Å². The Hall–Kier alpha value is -2.41. The minimum atomic E-state index is -1.42. The lowest BCUT2D eigenvalue weighted by atomic mass is 10.1. The SMILES string of the molecule is CCCOc1c[nH]c(CS(=O)CC(=O)NC(C)c2ccccc2)cc1=O. The van der Waals surface area contributed by atoms with Gasteiger partial charge in [-0.1, -0.05) is 37.3 Å². The summed E-state index contributed by atoms with van der Waals surface area (Å²) in [6, 6.07) is 10.8. The Labute approximate surface area is 155 Å². The fourth-order valence-corrected chi connectivity index (χ4v) is 3.38. The van der Waals surface area contributed by atoms with Crippen molar-refractivity contribution in [1.29, 1.82) is 0 Å². The smallest absolute Gasteiger partial charge is 0.233 e. The molecule has 1 aromatic carbocycles. The molecule has 0 saturated carbocycles. The zero-order chi connectivity index (χ0) is 18.9. The standard InChI is InChI=1S/C19H24N2O4S/c1-3-9-25-18-11-20-16(10-17(18)22)12-26(24)13-19(23)21-14(2)15-7-5-4-6-8-15/h4-8,10-11,14H,3,9,12-13H2,1-2H3,(H,20,22)(H,21,23). The molecule has 1 amide bonds. The quantitative estimate of drug-likeness (QED) is 0.703. The third-order valence-corrected chi connectivity index (χ3v) is 4.90. The maximum atomic E-state index is 12.2. The maximum absolute atomic E-state index is 12.2. The molecule has 2 unspecified atom stereocenters. The van der Waals surface area contributed by atoms with Crippen LogP contribution in [0.4, 0.5) is 0 Å². The van der Waals surface area contributed by atoms with Gasteiger partial charge in [0.2, 0.25) is 11.3 Å². The fourth-order valence-electron chi connectivity index (χ4n) is 2.39. The largest absolute Gasteiger partial charge is 0.488 e. The first-order chi connectivity index (χ1) is 12.5. The van der Waals surface area contributed by atoms with Gasteiger partial charge < -0.3 is 15.0 Å². The second-order valence-corrected chi connectivity index (χ2v) is 7.42. The molecular weight excluding hydrogens is 352 g/mol. The molecule has 2 rings (SSSR count). The summed E-state index contributed by atoms with van der Waals surface area (Å²) in [5.41, 5.74) is 1.24. The highest BCUT2D eigenvalue weighted by atomic mass is 32.2. The van der Waals surface area contributed by atoms with E-state index in [2.05, 4.69) is 10.3 Å². The van der Waals surface area contributed by atoms with Crippen LogP contribution in [0.15, 0.2) is 47.4 Å². The molecule has 26 heavy (non-hydrogen) atoms. The Bertz CT molecular complexity index is 805. The number of aromatic amines is 1. The second-order valence-electron chi connectivity index (χ2n) is 5.96. The van der Waals surface area contributed by atoms with E-state index in [-0.39, 0.29) is 34.6 Å². The van der Waals surface area contributed by atoms with E-state index >= 15 is 0 Å². The van der Waals surface area contributed by atoms with E-state index in [9.17, 15) is 13.8 Å². The predicted molar refractivity (Wildman–Crippen MR) is 103 cm³/mol. The predicted octanol–water partition coefficient (Wildman–Crippen LogP) is 2.29. The zero-order valence-electron chi connectivity index (χ0n) is 15.0. The van der Waals surface area contributed by atoms with Crippen LogP contribution < -0.4 is 15.5 Å². The molecule has 0 aliphatic heterocycles. The maximum Gasteiger partial charge on any atom is 0.233 e. The first-order valence-corrected chi connectivity index (χ1v) is 10.0. The fraction of sp³-hybridized carbons (Fsp3) is 0.368. The Morgan fingerprint density at radius 3 is 2.69 bits per heavy atom. The summed E-state index contributed by atoms with van der Waals surface area (Å²) in [6.45, 7) is 4.30. The number of pyridine rings is 1. The van der Waals surface area contributed by atoms with Crippen LogP contribution in [0.5, 0.6) is 5.75 Å². The molecule has 0 fully saturated rings. The summed E-state index contributed by atoms with van der Waals surface area (Å²) >= 11 is 0. The average molecular weight is 376 g/mol. The molecule has 140 valence electrons. The van der Waals surface area contributed by atoms with E-state index < -0.39 is 10.8 Å². The van der Waals surface area contributed by atoms with Gasteiger partial charge in [0.15, 0.2) is 5.75 Å². The molecule has 0 bridgehead atoms. The second kappa shape index (κ2) is 9.91. The van der Waals surface area contributed by atoms with Crippen molar-refractivity contribution in [2.45, 2.75) is 32.1 Å². The number of carbonyl (C=O) groups is 1. The summed E-state index contributed by atoms with van der Waals surface area (Å²) in [7, 11) is -1.42. The number of benzene rings is 1. The molecule has 0 aliphatic carbocycles. The molecule has 6 nitrogen and oxygen atoms in total. The van der Waals surface area contributed by atoms with Crippen LogP contribution >= 0.6 is 0 Å². The summed E-state index contributed by atoms with van der Waals surface area (Å²) in [5.74, 6) is -0.0512. The number of hydrogen-bond donors (Lipinski definition) is 2. The lowest BCUT2D eigenvalue weighted by Crippen LogP contribution is -2.31. The highest BCUT2D eigenvalue weighted by Gasteiger charge is 2.13. The van der Waals surface area contributed by atoms with E-state index in [1.165, 1.54) is 12.3 Å². The Kier molecular flexibility index (Phi) is 7.59. The molecular formula is C19H24N2O4S. The summed E-state index contributed by atoms with van der Waals surface area (Å²) in [5, 5.41) is 2.83. The monoisotopic (exact) mass is 376 g/mol. The van der Waals surface area contributed by atoms with Crippen molar-refractivity contribution < 1.29 is 13.7 Å². The Morgan fingerprint density at radius 2 is 2.04 bits per heavy atom. The molecule has 0 aliphatic rings. The van der Waals surface area contributed by atoms with E-state index in [1.807, 2.05) is 44.2 Å². The van der Waals surface area contributed by atoms with Crippen LogP contribution in [0.25, 0.3) is 0 Å². The van der Waals surface area contributed by atoms with Gasteiger partial charge >= 0.3 is 0 Å². The lowest BCUT2D eigenvalue weighted by Gasteiger charge is -2.14. The van der Waals surface area contributed by atoms with Crippen molar-refractivity contribution in [1.82, 2.24) is 10.3 Å². The van der Waals surface area contributed by atoms with Gasteiger partial charge in [0.25, 0.3) is 0 Å². The van der Waals surface area contributed by atoms with Crippen molar-refractivity contribution in [2.75, 3.05) is 12.4 Å². The van der Waals surface area contributed by atoms with Crippen LogP contribution in [0.2, 0.25) is 0 Å². The van der Waals surface area contributed by atoms with E-state index in [1.54, 1.807) is 0 Å². The molecule has 7 heteroatoms. The lowest BCUT2D eigenvalue weighted by molar-refractivity contribution is -0.119. The number of ether oxygens (including phenoxy) is 1. The minimum absolute atomic E-state index is 0.108. The number of nitrogens with one attached hydrogen (secondary N) is 2. The van der Waals surface area contributed by atoms with E-state index in [4.69, 9.17) is 4.74 Å². The van der Waals surface area contributed by atoms with Gasteiger partial charge in [-0.15, -0.1) is 0 Å². The highest BCUT2D eigenvalue weighted by Crippen LogP contribution is 2.11. The first-order valence-electron chi connectivity index (χ1n) is 8.53. The number of amides is 1. The molecule has 0 radical (unpaired) electrons. The topological polar surface area (TPSA) is 88.3 Å². The normalized spacial score (nSPS) is 13.0. The van der Waals surface area contributed by atoms with E-state index in [0.29, 0.717) is 12.3 Å². The van der Waals surface area contributed by atoms with Crippen molar-refractivity contribution in [3.8, 4) is 5.75 Å². The Balaban J connectivity index is 1.87. The summed E-state index contributed by atoms with van der Waals surface area (Å²) in [6.07, 6.45) is 2.28. The first kappa shape index (κ1) is 19.9. The van der Waals surface area contributed by atoms with Gasteiger partial charge in [0.1, 0.15) is 5.75 Å². The van der Waals surface area contributed by atoms with Crippen LogP contribution in [0.3, 0.4) is 0 Å². The molecule has 1 heterocycles. The van der Waals surface area contributed by atoms with Gasteiger partial charge in [0.05, 0.1) is 18.4 Å². The van der Waals surface area contributed by atoms with Gasteiger partial charge in [-0.25, -0.2) is 0 Å². The number of rotatable bonds is 9. The Morgan fingerprint density at radius 1 is 1.31 bits per heavy atom. The van der Waals surface area contributed by atoms with Crippen molar-refractivity contribution in [3.05, 3.63) is 64.1 Å². The minimum Gasteiger partial charge on any atom is -0.488 e. The molecule has 2 atom stereocenters. The van der Waals surface area contributed by atoms with Crippen molar-refractivity contribution in [2.24, 2.45) is 0 Å². The third-order valence-electron chi connectivity index (χ3n) is 3.68. The highest BCUT2D eigenvalue weighted by molar-refractivity contribution is 7.84. The molecule has 0 saturated heterocycles. The number of carbonyl (C=O) groups excluding carboxylic acids is 1. The van der Waals surface area contributed by atoms with Crippen LogP contribution in [0.1, 0.15) is 37.6 Å². The zero-order valence-corrected chi connectivity index (χ0v) is 15.8. The summed E-state index contributed by atoms with van der Waals surface area (Å²) < 4.78 is 17.5. The number of H-pyrrole nitrogens is 1. The van der Waals surface area contributed by atoms with Gasteiger partial charge in [-0.05, 0) is 18.9 Å². The third kappa shape index (κ3) is 6.15. The molecule has 0 spiro atoms. The van der Waals surface area contributed by atoms with Gasteiger partial charge in [0, 0.05) is 28.8 Å². The number of aromatic nitrogens is 1.